The van der Waals surface area contributed by atoms with Crippen LogP contribution in [0.3, 0.4) is 0 Å². The molecule has 2 unspecified atom stereocenters. The number of carbonyl (C=O) groups is 1. The molecule has 3 aromatic carbocycles. The van der Waals surface area contributed by atoms with Gasteiger partial charge in [0.25, 0.3) is 0 Å². The maximum Gasteiger partial charge on any atom is 0.150 e. The Balaban J connectivity index is 1.33. The molecule has 0 radical (unpaired) electrons. The predicted molar refractivity (Wildman–Crippen MR) is 141 cm³/mol. The van der Waals surface area contributed by atoms with E-state index in [1.807, 2.05) is 0 Å². The van der Waals surface area contributed by atoms with Crippen molar-refractivity contribution in [3.8, 4) is 11.5 Å². The number of nitrogens with two attached hydrogens (primary N) is 1. The van der Waals surface area contributed by atoms with Gasteiger partial charge in [0.15, 0.2) is 0 Å². The summed E-state index contributed by atoms with van der Waals surface area (Å²) in [6.07, 6.45) is 3.34. The molecule has 1 aliphatic carbocycles. The van der Waals surface area contributed by atoms with E-state index < -0.39 is 18.0 Å². The smallest absolute Gasteiger partial charge is 0.150 e. The molecule has 3 N–H and O–H groups in total. The number of allylic oxidation sites excluding steroid dienone is 1. The normalized spacial score (nSPS) is 18.3. The van der Waals surface area contributed by atoms with Crippen molar-refractivity contribution in [1.82, 2.24) is 0 Å². The third-order valence-corrected chi connectivity index (χ3v) is 7.52. The van der Waals surface area contributed by atoms with E-state index in [-0.39, 0.29) is 18.3 Å². The summed E-state index contributed by atoms with van der Waals surface area (Å²) < 4.78 is 27.1. The largest absolute Gasteiger partial charge is 0.512 e. The first-order valence-corrected chi connectivity index (χ1v) is 12.9. The second-order valence-corrected chi connectivity index (χ2v) is 10.2. The van der Waals surface area contributed by atoms with Gasteiger partial charge in [0.05, 0.1) is 11.8 Å². The lowest BCUT2D eigenvalue weighted by molar-refractivity contribution is 0.112. The number of halogens is 3. The van der Waals surface area contributed by atoms with Gasteiger partial charge in [-0.05, 0) is 73.7 Å². The van der Waals surface area contributed by atoms with Crippen LogP contribution in [0.4, 0.5) is 4.39 Å². The van der Waals surface area contributed by atoms with E-state index in [0.29, 0.717) is 56.6 Å². The molecule has 0 spiro atoms. The van der Waals surface area contributed by atoms with Gasteiger partial charge in [-0.3, -0.25) is 4.79 Å². The van der Waals surface area contributed by atoms with Crippen LogP contribution in [-0.4, -0.2) is 18.0 Å². The average Bonchev–Trinajstić information content (AvgIpc) is 3.74. The zero-order valence-electron chi connectivity index (χ0n) is 19.9. The lowest BCUT2D eigenvalue weighted by Gasteiger charge is -2.27. The Morgan fingerprint density at radius 1 is 1.14 bits per heavy atom. The fourth-order valence-corrected chi connectivity index (χ4v) is 5.28. The molecule has 37 heavy (non-hydrogen) atoms. The Labute approximate surface area is 224 Å². The summed E-state index contributed by atoms with van der Waals surface area (Å²) in [6.45, 7) is -0.0454. The van der Waals surface area contributed by atoms with Gasteiger partial charge in [-0.25, -0.2) is 4.39 Å². The van der Waals surface area contributed by atoms with Crippen molar-refractivity contribution >= 4 is 29.5 Å². The minimum atomic E-state index is -0.777. The number of hydrogen-bond acceptors (Lipinski definition) is 5. The topological polar surface area (TPSA) is 81.8 Å². The lowest BCUT2D eigenvalue weighted by atomic mass is 9.96. The summed E-state index contributed by atoms with van der Waals surface area (Å²) in [5, 5.41) is 11.6. The molecule has 8 heteroatoms. The van der Waals surface area contributed by atoms with Crippen LogP contribution in [-0.2, 0) is 6.42 Å². The van der Waals surface area contributed by atoms with Crippen LogP contribution in [0.15, 0.2) is 65.9 Å². The van der Waals surface area contributed by atoms with E-state index in [0.717, 1.165) is 24.7 Å². The molecule has 1 heterocycles. The van der Waals surface area contributed by atoms with Crippen molar-refractivity contribution in [1.29, 1.82) is 0 Å². The number of rotatable bonds is 8. The molecule has 192 valence electrons. The molecule has 0 aromatic heterocycles. The number of benzene rings is 3. The van der Waals surface area contributed by atoms with Crippen molar-refractivity contribution in [3.05, 3.63) is 104 Å². The Bertz CT molecular complexity index is 1350. The van der Waals surface area contributed by atoms with Gasteiger partial charge in [0.1, 0.15) is 36.3 Å². The molecule has 2 aliphatic rings. The fraction of sp³-hybridized carbons (Fsp3) is 0.276. The highest BCUT2D eigenvalue weighted by Crippen LogP contribution is 2.41. The number of carbonyl (C=O) groups excluding carboxylic acids is 1. The van der Waals surface area contributed by atoms with Crippen LogP contribution in [0, 0.1) is 11.7 Å². The number of ether oxygens (including phenoxy) is 2. The predicted octanol–water partition coefficient (Wildman–Crippen LogP) is 7.31. The van der Waals surface area contributed by atoms with Crippen LogP contribution in [0.5, 0.6) is 11.5 Å². The summed E-state index contributed by atoms with van der Waals surface area (Å²) >= 11 is 12.7. The summed E-state index contributed by atoms with van der Waals surface area (Å²) in [6, 6.07) is 14.2. The third kappa shape index (κ3) is 5.47. The van der Waals surface area contributed by atoms with Crippen LogP contribution in [0.1, 0.15) is 58.5 Å². The van der Waals surface area contributed by atoms with Crippen molar-refractivity contribution in [2.75, 3.05) is 6.61 Å². The maximum absolute atomic E-state index is 15.2. The Morgan fingerprint density at radius 3 is 2.57 bits per heavy atom. The summed E-state index contributed by atoms with van der Waals surface area (Å²) in [5.41, 5.74) is 9.42. The molecule has 0 saturated heterocycles. The molecule has 5 nitrogen and oxygen atoms in total. The minimum absolute atomic E-state index is 0.0268. The molecule has 1 saturated carbocycles. The van der Waals surface area contributed by atoms with Crippen LogP contribution >= 0.6 is 23.2 Å². The maximum atomic E-state index is 15.2. The monoisotopic (exact) mass is 541 g/mol. The molecule has 3 aromatic rings. The van der Waals surface area contributed by atoms with Gasteiger partial charge in [-0.2, -0.15) is 0 Å². The highest BCUT2D eigenvalue weighted by Gasteiger charge is 2.32. The second kappa shape index (κ2) is 10.7. The van der Waals surface area contributed by atoms with Crippen molar-refractivity contribution in [2.24, 2.45) is 11.7 Å². The van der Waals surface area contributed by atoms with Gasteiger partial charge in [-0.1, -0.05) is 29.3 Å². The van der Waals surface area contributed by atoms with E-state index in [1.165, 1.54) is 6.07 Å². The molecule has 0 amide bonds. The molecule has 0 bridgehead atoms. The number of fused-ring (bicyclic) bond motifs is 1. The lowest BCUT2D eigenvalue weighted by Crippen LogP contribution is -2.21. The Kier molecular flexibility index (Phi) is 7.43. The van der Waals surface area contributed by atoms with Gasteiger partial charge in [0.2, 0.25) is 0 Å². The van der Waals surface area contributed by atoms with Crippen LogP contribution in [0.2, 0.25) is 10.0 Å². The summed E-state index contributed by atoms with van der Waals surface area (Å²) in [5.74, 6) is 0.697. The standard InChI is InChI=1S/C29H26Cl2FNO4/c30-22-2-1-3-23(31)27(22)28(33)21(29(35)17-5-6-17)15-36-19-8-9-20(24(32)13-19)26-11-7-18-12-16(14-34)4-10-25(18)37-26/h1-4,8-10,12-14,17,26,28,35H,5-7,11,15,33H2/b29-21-. The Morgan fingerprint density at radius 2 is 1.89 bits per heavy atom. The van der Waals surface area contributed by atoms with E-state index >= 15 is 4.39 Å². The molecule has 1 aliphatic heterocycles. The summed E-state index contributed by atoms with van der Waals surface area (Å²) in [7, 11) is 0. The fourth-order valence-electron chi connectivity index (χ4n) is 4.64. The first-order chi connectivity index (χ1) is 17.9. The zero-order chi connectivity index (χ0) is 26.1. The number of aliphatic hydroxyl groups excluding tert-OH is 1. The molecule has 2 atom stereocenters. The number of aldehydes is 1. The number of aliphatic hydroxyl groups is 1. The first kappa shape index (κ1) is 25.6. The summed E-state index contributed by atoms with van der Waals surface area (Å²) in [4.78, 5) is 11.0. The van der Waals surface area contributed by atoms with Crippen LogP contribution in [0.25, 0.3) is 0 Å². The first-order valence-electron chi connectivity index (χ1n) is 12.1. The van der Waals surface area contributed by atoms with Gasteiger partial charge in [-0.15, -0.1) is 0 Å². The molecular formula is C29H26Cl2FNO4. The highest BCUT2D eigenvalue weighted by atomic mass is 35.5. The van der Waals surface area contributed by atoms with Gasteiger partial charge >= 0.3 is 0 Å². The SMILES string of the molecule is NC(/C(COc1ccc(C2CCc3cc(C=O)ccc3O2)c(F)c1)=C(\O)C1CC1)c1c(Cl)cccc1Cl. The van der Waals surface area contributed by atoms with E-state index in [4.69, 9.17) is 38.4 Å². The van der Waals surface area contributed by atoms with E-state index in [9.17, 15) is 9.90 Å². The molecule has 1 fully saturated rings. The second-order valence-electron chi connectivity index (χ2n) is 9.40. The number of hydrogen-bond donors (Lipinski definition) is 2. The quantitative estimate of drug-likeness (QED) is 0.230. The van der Waals surface area contributed by atoms with Gasteiger partial charge in [0, 0.05) is 44.3 Å². The third-order valence-electron chi connectivity index (χ3n) is 6.86. The van der Waals surface area contributed by atoms with Crippen molar-refractivity contribution in [2.45, 2.75) is 37.8 Å². The Hall–Kier alpha value is -3.06. The molecular weight excluding hydrogens is 516 g/mol. The molecule has 5 rings (SSSR count). The van der Waals surface area contributed by atoms with Gasteiger partial charge < -0.3 is 20.3 Å². The highest BCUT2D eigenvalue weighted by molar-refractivity contribution is 6.36. The number of aryl methyl sites for hydroxylation is 1. The van der Waals surface area contributed by atoms with Crippen LogP contribution < -0.4 is 15.2 Å². The van der Waals surface area contributed by atoms with E-state index in [1.54, 1.807) is 48.5 Å². The average molecular weight is 542 g/mol. The van der Waals surface area contributed by atoms with Crippen molar-refractivity contribution in [3.63, 3.8) is 0 Å². The van der Waals surface area contributed by atoms with Crippen molar-refractivity contribution < 1.29 is 23.8 Å². The zero-order valence-corrected chi connectivity index (χ0v) is 21.4. The minimum Gasteiger partial charge on any atom is -0.512 e. The van der Waals surface area contributed by atoms with E-state index in [2.05, 4.69) is 0 Å².